The van der Waals surface area contributed by atoms with Gasteiger partial charge in [0.25, 0.3) is 0 Å². The van der Waals surface area contributed by atoms with Crippen molar-refractivity contribution in [1.82, 2.24) is 9.97 Å². The summed E-state index contributed by atoms with van der Waals surface area (Å²) in [6.07, 6.45) is 3.19. The molecule has 1 atom stereocenters. The van der Waals surface area contributed by atoms with Crippen LogP contribution in [0.15, 0.2) is 36.4 Å². The second kappa shape index (κ2) is 8.52. The van der Waals surface area contributed by atoms with E-state index in [9.17, 15) is 4.79 Å². The van der Waals surface area contributed by atoms with Crippen LogP contribution in [-0.4, -0.2) is 35.0 Å². The van der Waals surface area contributed by atoms with Gasteiger partial charge in [0.2, 0.25) is 5.91 Å². The number of anilines is 2. The maximum absolute atomic E-state index is 13.1. The second-order valence-electron chi connectivity index (χ2n) is 9.01. The Hall–Kier alpha value is -2.57. The van der Waals surface area contributed by atoms with Crippen LogP contribution in [0.1, 0.15) is 44.5 Å². The monoisotopic (exact) mass is 439 g/mol. The van der Waals surface area contributed by atoms with Gasteiger partial charge < -0.3 is 20.9 Å². The molecule has 2 aromatic carbocycles. The summed E-state index contributed by atoms with van der Waals surface area (Å²) in [4.78, 5) is 23.4. The van der Waals surface area contributed by atoms with E-state index in [1.807, 2.05) is 38.1 Å². The van der Waals surface area contributed by atoms with Gasteiger partial charge in [-0.25, -0.2) is 4.98 Å². The lowest BCUT2D eigenvalue weighted by molar-refractivity contribution is -0.120. The Morgan fingerprint density at radius 1 is 1.23 bits per heavy atom. The minimum Gasteiger partial charge on any atom is -0.371 e. The van der Waals surface area contributed by atoms with E-state index in [1.165, 1.54) is 5.69 Å². The summed E-state index contributed by atoms with van der Waals surface area (Å²) >= 11 is 6.08. The molecule has 164 valence electrons. The van der Waals surface area contributed by atoms with Crippen molar-refractivity contribution in [1.29, 1.82) is 0 Å². The molecular formula is C24H30ClN5O. The molecule has 1 unspecified atom stereocenters. The topological polar surface area (TPSA) is 87.0 Å². The van der Waals surface area contributed by atoms with Gasteiger partial charge in [-0.05, 0) is 82.0 Å². The smallest absolute Gasteiger partial charge is 0.237 e. The molecule has 1 fully saturated rings. The first-order valence-corrected chi connectivity index (χ1v) is 11.2. The number of carbonyl (C=O) groups is 1. The zero-order valence-corrected chi connectivity index (χ0v) is 19.1. The SMILES string of the molecule is Cc1cc(NC(=O)C(C)(C)c2nc3ccc(Cl)cc3[nH]2)ccc1N1CCCC(N)CC1. The molecular weight excluding hydrogens is 410 g/mol. The van der Waals surface area contributed by atoms with E-state index in [-0.39, 0.29) is 5.91 Å². The predicted molar refractivity (Wildman–Crippen MR) is 128 cm³/mol. The number of hydrogen-bond donors (Lipinski definition) is 3. The number of imidazole rings is 1. The average Bonchev–Trinajstić information content (AvgIpc) is 3.03. The molecule has 1 saturated heterocycles. The van der Waals surface area contributed by atoms with Crippen molar-refractivity contribution >= 4 is 39.9 Å². The first-order valence-electron chi connectivity index (χ1n) is 10.8. The van der Waals surface area contributed by atoms with E-state index in [4.69, 9.17) is 17.3 Å². The quantitative estimate of drug-likeness (QED) is 0.547. The Kier molecular flexibility index (Phi) is 5.95. The highest BCUT2D eigenvalue weighted by Crippen LogP contribution is 2.29. The van der Waals surface area contributed by atoms with Crippen LogP contribution in [0, 0.1) is 6.92 Å². The molecule has 4 rings (SSSR count). The molecule has 31 heavy (non-hydrogen) atoms. The standard InChI is InChI=1S/C24H30ClN5O/c1-15-13-18(7-9-21(15)30-11-4-5-17(26)10-12-30)27-23(31)24(2,3)22-28-19-8-6-16(25)14-20(19)29-22/h6-9,13-14,17H,4-5,10-12,26H2,1-3H3,(H,27,31)(H,28,29). The van der Waals surface area contributed by atoms with E-state index in [0.717, 1.165) is 54.6 Å². The third-order valence-electron chi connectivity index (χ3n) is 6.17. The molecule has 1 aliphatic heterocycles. The molecule has 4 N–H and O–H groups in total. The number of aromatic amines is 1. The van der Waals surface area contributed by atoms with Crippen molar-refractivity contribution in [3.63, 3.8) is 0 Å². The van der Waals surface area contributed by atoms with Gasteiger partial charge in [-0.15, -0.1) is 0 Å². The number of aromatic nitrogens is 2. The fourth-order valence-corrected chi connectivity index (χ4v) is 4.30. The first-order chi connectivity index (χ1) is 14.7. The van der Waals surface area contributed by atoms with Crippen molar-refractivity contribution in [3.8, 4) is 0 Å². The number of hydrogen-bond acceptors (Lipinski definition) is 4. The van der Waals surface area contributed by atoms with Crippen molar-refractivity contribution in [3.05, 3.63) is 52.8 Å². The molecule has 1 amide bonds. The molecule has 1 aromatic heterocycles. The van der Waals surface area contributed by atoms with Gasteiger partial charge in [-0.1, -0.05) is 11.6 Å². The Morgan fingerprint density at radius 3 is 2.81 bits per heavy atom. The van der Waals surface area contributed by atoms with Crippen LogP contribution in [0.2, 0.25) is 5.02 Å². The summed E-state index contributed by atoms with van der Waals surface area (Å²) in [5.41, 5.74) is 10.0. The highest BCUT2D eigenvalue weighted by Gasteiger charge is 2.33. The summed E-state index contributed by atoms with van der Waals surface area (Å²) < 4.78 is 0. The predicted octanol–water partition coefficient (Wildman–Crippen LogP) is 4.76. The third kappa shape index (κ3) is 4.55. The van der Waals surface area contributed by atoms with Crippen molar-refractivity contribution in [2.75, 3.05) is 23.3 Å². The lowest BCUT2D eigenvalue weighted by Gasteiger charge is -2.26. The molecule has 0 saturated carbocycles. The van der Waals surface area contributed by atoms with Crippen LogP contribution in [0.5, 0.6) is 0 Å². The van der Waals surface area contributed by atoms with Gasteiger partial charge in [-0.2, -0.15) is 0 Å². The molecule has 3 aromatic rings. The number of amides is 1. The number of nitrogens with one attached hydrogen (secondary N) is 2. The van der Waals surface area contributed by atoms with E-state index in [1.54, 1.807) is 6.07 Å². The largest absolute Gasteiger partial charge is 0.371 e. The van der Waals surface area contributed by atoms with E-state index >= 15 is 0 Å². The first kappa shape index (κ1) is 21.7. The number of benzene rings is 2. The average molecular weight is 440 g/mol. The van der Waals surface area contributed by atoms with Crippen LogP contribution in [0.4, 0.5) is 11.4 Å². The number of halogens is 1. The highest BCUT2D eigenvalue weighted by molar-refractivity contribution is 6.31. The summed E-state index contributed by atoms with van der Waals surface area (Å²) in [7, 11) is 0. The summed E-state index contributed by atoms with van der Waals surface area (Å²) in [5.74, 6) is 0.488. The lowest BCUT2D eigenvalue weighted by atomic mass is 9.91. The third-order valence-corrected chi connectivity index (χ3v) is 6.41. The fourth-order valence-electron chi connectivity index (χ4n) is 4.12. The number of aryl methyl sites for hydroxylation is 1. The Balaban J connectivity index is 1.51. The van der Waals surface area contributed by atoms with E-state index in [2.05, 4.69) is 33.2 Å². The van der Waals surface area contributed by atoms with Crippen molar-refractivity contribution in [2.45, 2.75) is 51.5 Å². The molecule has 0 radical (unpaired) electrons. The van der Waals surface area contributed by atoms with Gasteiger partial charge >= 0.3 is 0 Å². The fraction of sp³-hybridized carbons (Fsp3) is 0.417. The van der Waals surface area contributed by atoms with Crippen LogP contribution in [0.25, 0.3) is 11.0 Å². The zero-order chi connectivity index (χ0) is 22.2. The Bertz CT molecular complexity index is 1110. The minimum absolute atomic E-state index is 0.120. The van der Waals surface area contributed by atoms with Gasteiger partial charge in [-0.3, -0.25) is 4.79 Å². The summed E-state index contributed by atoms with van der Waals surface area (Å²) in [6.45, 7) is 7.80. The van der Waals surface area contributed by atoms with Crippen LogP contribution in [0.3, 0.4) is 0 Å². The number of H-pyrrole nitrogens is 1. The van der Waals surface area contributed by atoms with Crippen LogP contribution in [-0.2, 0) is 10.2 Å². The number of rotatable bonds is 4. The molecule has 1 aliphatic rings. The molecule has 7 heteroatoms. The number of nitrogens with two attached hydrogens (primary N) is 1. The highest BCUT2D eigenvalue weighted by atomic mass is 35.5. The summed E-state index contributed by atoms with van der Waals surface area (Å²) in [5, 5.41) is 3.69. The minimum atomic E-state index is -0.834. The number of nitrogens with zero attached hydrogens (tertiary/aromatic N) is 2. The van der Waals surface area contributed by atoms with Crippen LogP contribution >= 0.6 is 11.6 Å². The number of fused-ring (bicyclic) bond motifs is 1. The second-order valence-corrected chi connectivity index (χ2v) is 9.44. The van der Waals surface area contributed by atoms with Crippen molar-refractivity contribution < 1.29 is 4.79 Å². The molecule has 0 spiro atoms. The van der Waals surface area contributed by atoms with Gasteiger partial charge in [0, 0.05) is 35.5 Å². The molecule has 2 heterocycles. The lowest BCUT2D eigenvalue weighted by Crippen LogP contribution is -2.35. The van der Waals surface area contributed by atoms with Gasteiger partial charge in [0.15, 0.2) is 0 Å². The van der Waals surface area contributed by atoms with E-state index in [0.29, 0.717) is 16.9 Å². The molecule has 0 aliphatic carbocycles. The van der Waals surface area contributed by atoms with Gasteiger partial charge in [0.1, 0.15) is 11.2 Å². The van der Waals surface area contributed by atoms with Crippen LogP contribution < -0.4 is 16.0 Å². The summed E-state index contributed by atoms with van der Waals surface area (Å²) in [6, 6.07) is 11.9. The number of carbonyl (C=O) groups excluding carboxylic acids is 1. The van der Waals surface area contributed by atoms with Gasteiger partial charge in [0.05, 0.1) is 11.0 Å². The molecule has 0 bridgehead atoms. The Labute approximate surface area is 188 Å². The maximum Gasteiger partial charge on any atom is 0.237 e. The normalized spacial score (nSPS) is 17.6. The Morgan fingerprint density at radius 2 is 2.03 bits per heavy atom. The maximum atomic E-state index is 13.1. The zero-order valence-electron chi connectivity index (χ0n) is 18.3. The van der Waals surface area contributed by atoms with E-state index < -0.39 is 5.41 Å². The molecule has 6 nitrogen and oxygen atoms in total. The van der Waals surface area contributed by atoms with Crippen molar-refractivity contribution in [2.24, 2.45) is 5.73 Å².